The SMILES string of the molecule is CCc1nnsc1C(Cc1cccc(Cl)c1Cl)NN. The normalized spacial score (nSPS) is 12.6. The Morgan fingerprint density at radius 1 is 1.42 bits per heavy atom. The van der Waals surface area contributed by atoms with Crippen molar-refractivity contribution in [2.45, 2.75) is 25.8 Å². The van der Waals surface area contributed by atoms with E-state index >= 15 is 0 Å². The number of aromatic nitrogens is 2. The molecule has 0 bridgehead atoms. The van der Waals surface area contributed by atoms with Crippen molar-refractivity contribution in [3.05, 3.63) is 44.4 Å². The molecule has 2 aromatic rings. The van der Waals surface area contributed by atoms with E-state index in [0.717, 1.165) is 22.6 Å². The van der Waals surface area contributed by atoms with Crippen LogP contribution in [0.1, 0.15) is 29.1 Å². The summed E-state index contributed by atoms with van der Waals surface area (Å²) in [4.78, 5) is 1.04. The fraction of sp³-hybridized carbons (Fsp3) is 0.333. The van der Waals surface area contributed by atoms with Crippen molar-refractivity contribution in [3.63, 3.8) is 0 Å². The maximum atomic E-state index is 6.20. The highest BCUT2D eigenvalue weighted by Gasteiger charge is 2.19. The van der Waals surface area contributed by atoms with Crippen LogP contribution in [0.15, 0.2) is 18.2 Å². The lowest BCUT2D eigenvalue weighted by molar-refractivity contribution is 0.555. The predicted molar refractivity (Wildman–Crippen MR) is 79.5 cm³/mol. The predicted octanol–water partition coefficient (Wildman–Crippen LogP) is 3.15. The summed E-state index contributed by atoms with van der Waals surface area (Å²) in [6, 6.07) is 5.52. The summed E-state index contributed by atoms with van der Waals surface area (Å²) < 4.78 is 3.98. The Balaban J connectivity index is 2.27. The molecule has 1 atom stereocenters. The van der Waals surface area contributed by atoms with E-state index in [1.54, 1.807) is 6.07 Å². The number of hydrogen-bond acceptors (Lipinski definition) is 5. The second-order valence-corrected chi connectivity index (χ2v) is 5.64. The summed E-state index contributed by atoms with van der Waals surface area (Å²) in [5.41, 5.74) is 4.72. The van der Waals surface area contributed by atoms with Gasteiger partial charge in [-0.2, -0.15) is 0 Å². The summed E-state index contributed by atoms with van der Waals surface area (Å²) in [5.74, 6) is 5.65. The molecule has 2 rings (SSSR count). The summed E-state index contributed by atoms with van der Waals surface area (Å²) in [7, 11) is 0. The third kappa shape index (κ3) is 3.24. The zero-order valence-corrected chi connectivity index (χ0v) is 12.7. The molecule has 0 fully saturated rings. The van der Waals surface area contributed by atoms with Crippen LogP contribution in [0.5, 0.6) is 0 Å². The van der Waals surface area contributed by atoms with Crippen LogP contribution in [0.2, 0.25) is 10.0 Å². The number of benzene rings is 1. The Hall–Kier alpha value is -0.720. The average Bonchev–Trinajstić information content (AvgIpc) is 2.88. The number of nitrogens with one attached hydrogen (secondary N) is 1. The molecule has 1 aromatic carbocycles. The van der Waals surface area contributed by atoms with Crippen molar-refractivity contribution in [1.29, 1.82) is 0 Å². The van der Waals surface area contributed by atoms with E-state index in [1.807, 2.05) is 19.1 Å². The standard InChI is InChI=1S/C12H14Cl2N4S/c1-2-9-12(19-18-17-9)10(16-15)6-7-4-3-5-8(13)11(7)14/h3-5,10,16H,2,6,15H2,1H3. The zero-order valence-electron chi connectivity index (χ0n) is 10.4. The van der Waals surface area contributed by atoms with Crippen molar-refractivity contribution in [3.8, 4) is 0 Å². The van der Waals surface area contributed by atoms with E-state index in [9.17, 15) is 0 Å². The molecule has 0 spiro atoms. The lowest BCUT2D eigenvalue weighted by atomic mass is 10.0. The third-order valence-corrected chi connectivity index (χ3v) is 4.63. The number of hydrogen-bond donors (Lipinski definition) is 2. The largest absolute Gasteiger partial charge is 0.271 e. The molecule has 1 aromatic heterocycles. The van der Waals surface area contributed by atoms with Gasteiger partial charge in [0, 0.05) is 0 Å². The molecule has 1 heterocycles. The Morgan fingerprint density at radius 2 is 2.21 bits per heavy atom. The lowest BCUT2D eigenvalue weighted by Crippen LogP contribution is -2.29. The van der Waals surface area contributed by atoms with Gasteiger partial charge in [-0.1, -0.05) is 46.7 Å². The monoisotopic (exact) mass is 316 g/mol. The van der Waals surface area contributed by atoms with Crippen LogP contribution in [0.25, 0.3) is 0 Å². The maximum absolute atomic E-state index is 6.20. The Morgan fingerprint density at radius 3 is 2.89 bits per heavy atom. The number of rotatable bonds is 5. The van der Waals surface area contributed by atoms with Gasteiger partial charge in [-0.25, -0.2) is 0 Å². The van der Waals surface area contributed by atoms with Gasteiger partial charge in [-0.05, 0) is 36.0 Å². The molecule has 4 nitrogen and oxygen atoms in total. The number of nitrogens with two attached hydrogens (primary N) is 1. The average molecular weight is 317 g/mol. The molecule has 0 radical (unpaired) electrons. The first kappa shape index (κ1) is 14.7. The third-order valence-electron chi connectivity index (χ3n) is 2.89. The Labute approximate surface area is 126 Å². The molecular weight excluding hydrogens is 303 g/mol. The van der Waals surface area contributed by atoms with E-state index < -0.39 is 0 Å². The van der Waals surface area contributed by atoms with Gasteiger partial charge in [0.25, 0.3) is 0 Å². The van der Waals surface area contributed by atoms with E-state index in [1.165, 1.54) is 11.5 Å². The number of hydrazine groups is 1. The molecule has 0 aliphatic rings. The Kier molecular flexibility index (Phi) is 5.13. The van der Waals surface area contributed by atoms with Crippen molar-refractivity contribution >= 4 is 34.7 Å². The van der Waals surface area contributed by atoms with Crippen LogP contribution in [-0.4, -0.2) is 9.59 Å². The highest BCUT2D eigenvalue weighted by molar-refractivity contribution is 7.05. The minimum absolute atomic E-state index is 0.0640. The quantitative estimate of drug-likeness (QED) is 0.657. The second kappa shape index (κ2) is 6.63. The molecule has 0 amide bonds. The van der Waals surface area contributed by atoms with Gasteiger partial charge in [0.05, 0.1) is 26.7 Å². The lowest BCUT2D eigenvalue weighted by Gasteiger charge is -2.16. The summed E-state index contributed by atoms with van der Waals surface area (Å²) >= 11 is 13.6. The summed E-state index contributed by atoms with van der Waals surface area (Å²) in [5, 5.41) is 5.22. The maximum Gasteiger partial charge on any atom is 0.0801 e. The topological polar surface area (TPSA) is 63.8 Å². The van der Waals surface area contributed by atoms with Gasteiger partial charge in [0.15, 0.2) is 0 Å². The van der Waals surface area contributed by atoms with Crippen LogP contribution in [-0.2, 0) is 12.8 Å². The van der Waals surface area contributed by atoms with Crippen LogP contribution in [0.3, 0.4) is 0 Å². The highest BCUT2D eigenvalue weighted by atomic mass is 35.5. The molecule has 102 valence electrons. The van der Waals surface area contributed by atoms with E-state index in [0.29, 0.717) is 16.5 Å². The van der Waals surface area contributed by atoms with E-state index in [2.05, 4.69) is 15.0 Å². The number of nitrogens with zero attached hydrogens (tertiary/aromatic N) is 2. The number of halogens is 2. The van der Waals surface area contributed by atoms with Gasteiger partial charge in [-0.3, -0.25) is 11.3 Å². The molecule has 0 saturated carbocycles. The second-order valence-electron chi connectivity index (χ2n) is 4.07. The van der Waals surface area contributed by atoms with Gasteiger partial charge < -0.3 is 0 Å². The molecular formula is C12H14Cl2N4S. The molecule has 7 heteroatoms. The summed E-state index contributed by atoms with van der Waals surface area (Å²) in [6.07, 6.45) is 1.47. The first-order valence-corrected chi connectivity index (χ1v) is 7.40. The van der Waals surface area contributed by atoms with Crippen molar-refractivity contribution in [1.82, 2.24) is 15.0 Å². The first-order chi connectivity index (χ1) is 9.17. The number of aryl methyl sites for hydroxylation is 1. The zero-order chi connectivity index (χ0) is 13.8. The fourth-order valence-corrected chi connectivity index (χ4v) is 3.07. The van der Waals surface area contributed by atoms with E-state index in [-0.39, 0.29) is 6.04 Å². The molecule has 3 N–H and O–H groups in total. The fourth-order valence-electron chi connectivity index (χ4n) is 1.88. The van der Waals surface area contributed by atoms with Gasteiger partial charge in [0.1, 0.15) is 0 Å². The van der Waals surface area contributed by atoms with Crippen LogP contribution in [0.4, 0.5) is 0 Å². The van der Waals surface area contributed by atoms with Gasteiger partial charge >= 0.3 is 0 Å². The highest BCUT2D eigenvalue weighted by Crippen LogP contribution is 2.30. The molecule has 0 saturated heterocycles. The molecule has 0 aliphatic heterocycles. The Bertz CT molecular complexity index is 558. The summed E-state index contributed by atoms with van der Waals surface area (Å²) in [6.45, 7) is 2.04. The van der Waals surface area contributed by atoms with Crippen molar-refractivity contribution in [2.24, 2.45) is 5.84 Å². The molecule has 1 unspecified atom stereocenters. The molecule has 0 aliphatic carbocycles. The van der Waals surface area contributed by atoms with E-state index in [4.69, 9.17) is 29.0 Å². The van der Waals surface area contributed by atoms with Crippen molar-refractivity contribution in [2.75, 3.05) is 0 Å². The minimum Gasteiger partial charge on any atom is -0.271 e. The molecule has 19 heavy (non-hydrogen) atoms. The van der Waals surface area contributed by atoms with Gasteiger partial charge in [-0.15, -0.1) is 5.10 Å². The first-order valence-electron chi connectivity index (χ1n) is 5.87. The van der Waals surface area contributed by atoms with Gasteiger partial charge in [0.2, 0.25) is 0 Å². The van der Waals surface area contributed by atoms with Crippen LogP contribution >= 0.6 is 34.7 Å². The minimum atomic E-state index is -0.0640. The smallest absolute Gasteiger partial charge is 0.0801 e. The van der Waals surface area contributed by atoms with Crippen LogP contribution < -0.4 is 11.3 Å². The van der Waals surface area contributed by atoms with Crippen molar-refractivity contribution < 1.29 is 0 Å². The van der Waals surface area contributed by atoms with Crippen LogP contribution in [0, 0.1) is 0 Å².